The lowest BCUT2D eigenvalue weighted by Gasteiger charge is -2.31. The van der Waals surface area contributed by atoms with Crippen molar-refractivity contribution in [3.63, 3.8) is 0 Å². The third kappa shape index (κ3) is 4.58. The number of nitrogens with zero attached hydrogens (tertiary/aromatic N) is 1. The van der Waals surface area contributed by atoms with Crippen molar-refractivity contribution in [2.75, 3.05) is 22.8 Å². The van der Waals surface area contributed by atoms with Crippen LogP contribution >= 0.6 is 0 Å². The van der Waals surface area contributed by atoms with E-state index in [2.05, 4.69) is 5.32 Å². The lowest BCUT2D eigenvalue weighted by atomic mass is 10.2. The van der Waals surface area contributed by atoms with E-state index < -0.39 is 33.4 Å². The second-order valence-electron chi connectivity index (χ2n) is 7.31. The molecule has 0 saturated carbocycles. The molecule has 0 spiro atoms. The summed E-state index contributed by atoms with van der Waals surface area (Å²) >= 11 is 0. The van der Waals surface area contributed by atoms with Crippen LogP contribution in [0.1, 0.15) is 20.8 Å². The van der Waals surface area contributed by atoms with Gasteiger partial charge < -0.3 is 9.47 Å². The van der Waals surface area contributed by atoms with Gasteiger partial charge in [-0.3, -0.25) is 9.62 Å². The minimum Gasteiger partial charge on any atom is -0.486 e. The van der Waals surface area contributed by atoms with Crippen LogP contribution < -0.4 is 14.4 Å². The first-order chi connectivity index (χ1) is 13.5. The molecule has 0 radical (unpaired) electrons. The van der Waals surface area contributed by atoms with Crippen LogP contribution in [-0.4, -0.2) is 33.3 Å². The van der Waals surface area contributed by atoms with Crippen LogP contribution in [-0.2, 0) is 14.8 Å². The third-order valence-corrected chi connectivity index (χ3v) is 5.71. The molecule has 0 fully saturated rings. The van der Waals surface area contributed by atoms with Crippen LogP contribution in [0.2, 0.25) is 0 Å². The molecule has 3 rings (SSSR count). The third-order valence-electron chi connectivity index (χ3n) is 3.88. The molecule has 1 amide bonds. The Balaban J connectivity index is 1.98. The molecule has 0 aromatic heterocycles. The molecule has 156 valence electrons. The molecular weight excluding hydrogens is 406 g/mol. The topological polar surface area (TPSA) is 84.9 Å². The Hall–Kier alpha value is -2.88. The zero-order chi connectivity index (χ0) is 21.4. The van der Waals surface area contributed by atoms with Gasteiger partial charge in [-0.25, -0.2) is 22.0 Å². The zero-order valence-electron chi connectivity index (χ0n) is 16.0. The first kappa shape index (κ1) is 20.8. The highest BCUT2D eigenvalue weighted by molar-refractivity contribution is 7.92. The number of ether oxygens (including phenoxy) is 2. The minimum absolute atomic E-state index is 0.000283. The lowest BCUT2D eigenvalue weighted by Crippen LogP contribution is -2.38. The van der Waals surface area contributed by atoms with Crippen LogP contribution in [0.15, 0.2) is 41.3 Å². The first-order valence-electron chi connectivity index (χ1n) is 8.72. The summed E-state index contributed by atoms with van der Waals surface area (Å²) in [5.74, 6) is -1.68. The molecule has 0 aliphatic carbocycles. The number of anilines is 2. The van der Waals surface area contributed by atoms with Gasteiger partial charge in [0.25, 0.3) is 10.0 Å². The van der Waals surface area contributed by atoms with Crippen molar-refractivity contribution in [1.29, 1.82) is 0 Å². The van der Waals surface area contributed by atoms with E-state index in [1.165, 1.54) is 6.07 Å². The highest BCUT2D eigenvalue weighted by Gasteiger charge is 2.32. The van der Waals surface area contributed by atoms with Gasteiger partial charge in [0.2, 0.25) is 0 Å². The highest BCUT2D eigenvalue weighted by atomic mass is 32.2. The van der Waals surface area contributed by atoms with Crippen molar-refractivity contribution in [3.05, 3.63) is 48.0 Å². The average molecular weight is 426 g/mol. The van der Waals surface area contributed by atoms with Gasteiger partial charge in [0.1, 0.15) is 18.0 Å². The van der Waals surface area contributed by atoms with Gasteiger partial charge in [0.15, 0.2) is 11.6 Å². The number of sulfonamides is 1. The summed E-state index contributed by atoms with van der Waals surface area (Å²) < 4.78 is 65.1. The normalized spacial score (nSPS) is 14.0. The fourth-order valence-corrected chi connectivity index (χ4v) is 4.18. The van der Waals surface area contributed by atoms with Crippen molar-refractivity contribution in [2.45, 2.75) is 31.3 Å². The largest absolute Gasteiger partial charge is 0.486 e. The van der Waals surface area contributed by atoms with Gasteiger partial charge in [-0.1, -0.05) is 0 Å². The lowest BCUT2D eigenvalue weighted by molar-refractivity contribution is 0.0636. The molecule has 1 aliphatic rings. The first-order valence-corrected chi connectivity index (χ1v) is 10.2. The molecule has 1 heterocycles. The molecule has 0 bridgehead atoms. The maximum Gasteiger partial charge on any atom is 0.412 e. The van der Waals surface area contributed by atoms with Crippen molar-refractivity contribution in [2.24, 2.45) is 0 Å². The fourth-order valence-electron chi connectivity index (χ4n) is 2.74. The van der Waals surface area contributed by atoms with E-state index in [1.54, 1.807) is 20.8 Å². The molecule has 0 atom stereocenters. The number of rotatable bonds is 3. The number of nitrogens with one attached hydrogen (secondary N) is 1. The number of hydrogen-bond acceptors (Lipinski definition) is 5. The van der Waals surface area contributed by atoms with E-state index >= 15 is 0 Å². The van der Waals surface area contributed by atoms with Crippen LogP contribution in [0.25, 0.3) is 0 Å². The van der Waals surface area contributed by atoms with E-state index in [9.17, 15) is 22.0 Å². The fraction of sp³-hybridized carbons (Fsp3) is 0.316. The van der Waals surface area contributed by atoms with E-state index in [0.29, 0.717) is 0 Å². The maximum absolute atomic E-state index is 14.5. The van der Waals surface area contributed by atoms with Gasteiger partial charge in [0.05, 0.1) is 17.1 Å². The number of carbonyl (C=O) groups is 1. The number of benzene rings is 2. The summed E-state index contributed by atoms with van der Waals surface area (Å²) in [4.78, 5) is 11.8. The summed E-state index contributed by atoms with van der Waals surface area (Å²) in [5, 5.41) is 2.38. The van der Waals surface area contributed by atoms with Crippen LogP contribution in [0.4, 0.5) is 25.0 Å². The summed E-state index contributed by atoms with van der Waals surface area (Å²) in [6.07, 6.45) is -0.818. The van der Waals surface area contributed by atoms with Crippen LogP contribution in [0, 0.1) is 11.6 Å². The van der Waals surface area contributed by atoms with Gasteiger partial charge in [-0.05, 0) is 51.1 Å². The Morgan fingerprint density at radius 3 is 2.45 bits per heavy atom. The standard InChI is InChI=1S/C19H20F2N2O5S/c1-19(2,3)28-18(24)22-13-10-15(21)17-16(11-13)23(8-9-27-17)29(25,26)14-6-4-12(20)5-7-14/h4-7,10-11H,8-9H2,1-3H3,(H,22,24). The molecule has 2 aromatic rings. The number of fused-ring (bicyclic) bond motifs is 1. The van der Waals surface area contributed by atoms with E-state index in [-0.39, 0.29) is 35.2 Å². The smallest absolute Gasteiger partial charge is 0.412 e. The molecule has 0 saturated heterocycles. The zero-order valence-corrected chi connectivity index (χ0v) is 16.8. The van der Waals surface area contributed by atoms with E-state index in [0.717, 1.165) is 34.6 Å². The minimum atomic E-state index is -4.11. The summed E-state index contributed by atoms with van der Waals surface area (Å²) in [5.41, 5.74) is -0.843. The Morgan fingerprint density at radius 2 is 1.83 bits per heavy atom. The molecule has 10 heteroatoms. The Kier molecular flexibility index (Phi) is 5.40. The Bertz CT molecular complexity index is 1030. The predicted molar refractivity (Wildman–Crippen MR) is 103 cm³/mol. The van der Waals surface area contributed by atoms with Crippen LogP contribution in [0.3, 0.4) is 0 Å². The van der Waals surface area contributed by atoms with Gasteiger partial charge in [-0.15, -0.1) is 0 Å². The van der Waals surface area contributed by atoms with Gasteiger partial charge in [-0.2, -0.15) is 0 Å². The highest BCUT2D eigenvalue weighted by Crippen LogP contribution is 2.39. The maximum atomic E-state index is 14.5. The number of amides is 1. The van der Waals surface area contributed by atoms with Crippen LogP contribution in [0.5, 0.6) is 5.75 Å². The number of halogens is 2. The SMILES string of the molecule is CC(C)(C)OC(=O)Nc1cc(F)c2c(c1)N(S(=O)(=O)c1ccc(F)cc1)CCO2. The molecule has 0 unspecified atom stereocenters. The van der Waals surface area contributed by atoms with Crippen molar-refractivity contribution >= 4 is 27.5 Å². The van der Waals surface area contributed by atoms with Gasteiger partial charge >= 0.3 is 6.09 Å². The Labute approximate surface area is 167 Å². The summed E-state index contributed by atoms with van der Waals surface area (Å²) in [6.45, 7) is 4.87. The van der Waals surface area contributed by atoms with Gasteiger partial charge in [0, 0.05) is 11.8 Å². The van der Waals surface area contributed by atoms with Crippen molar-refractivity contribution in [1.82, 2.24) is 0 Å². The monoisotopic (exact) mass is 426 g/mol. The second kappa shape index (κ2) is 7.51. The van der Waals surface area contributed by atoms with Crippen molar-refractivity contribution in [3.8, 4) is 5.75 Å². The number of carbonyl (C=O) groups excluding carboxylic acids is 1. The quantitative estimate of drug-likeness (QED) is 0.805. The number of hydrogen-bond donors (Lipinski definition) is 1. The molecule has 2 aromatic carbocycles. The molecule has 1 N–H and O–H groups in total. The molecule has 7 nitrogen and oxygen atoms in total. The summed E-state index contributed by atoms with van der Waals surface area (Å²) in [7, 11) is -4.11. The average Bonchev–Trinajstić information content (AvgIpc) is 2.60. The molecular formula is C19H20F2N2O5S. The van der Waals surface area contributed by atoms with E-state index in [1.807, 2.05) is 0 Å². The second-order valence-corrected chi connectivity index (χ2v) is 9.18. The summed E-state index contributed by atoms with van der Waals surface area (Å²) in [6, 6.07) is 6.59. The predicted octanol–water partition coefficient (Wildman–Crippen LogP) is 3.90. The molecule has 1 aliphatic heterocycles. The Morgan fingerprint density at radius 1 is 1.17 bits per heavy atom. The van der Waals surface area contributed by atoms with Crippen molar-refractivity contribution < 1.29 is 31.5 Å². The molecule has 29 heavy (non-hydrogen) atoms. The van der Waals surface area contributed by atoms with E-state index in [4.69, 9.17) is 9.47 Å².